The second kappa shape index (κ2) is 6.39. The highest BCUT2D eigenvalue weighted by Gasteiger charge is 2.45. The van der Waals surface area contributed by atoms with Crippen LogP contribution in [0.5, 0.6) is 0 Å². The first-order valence-electron chi connectivity index (χ1n) is 8.87. The van der Waals surface area contributed by atoms with E-state index in [0.29, 0.717) is 25.3 Å². The summed E-state index contributed by atoms with van der Waals surface area (Å²) in [6, 6.07) is 13.3. The minimum Gasteiger partial charge on any atom is -0.459 e. The number of nitrogens with one attached hydrogen (secondary N) is 1. The summed E-state index contributed by atoms with van der Waals surface area (Å²) in [4.78, 5) is 26.8. The lowest BCUT2D eigenvalue weighted by atomic mass is 9.96. The van der Waals surface area contributed by atoms with Crippen molar-refractivity contribution < 1.29 is 14.0 Å². The number of hydrogen-bond acceptors (Lipinski definition) is 3. The lowest BCUT2D eigenvalue weighted by Crippen LogP contribution is -2.47. The number of nitrogens with zero attached hydrogens (tertiary/aromatic N) is 1. The molecule has 130 valence electrons. The number of carbonyl (C=O) groups is 2. The molecule has 2 fully saturated rings. The van der Waals surface area contributed by atoms with Crippen LogP contribution in [-0.4, -0.2) is 35.8 Å². The van der Waals surface area contributed by atoms with Gasteiger partial charge in [-0.3, -0.25) is 9.59 Å². The maximum atomic E-state index is 12.7. The molecule has 1 aromatic heterocycles. The molecule has 1 saturated carbocycles. The Morgan fingerprint density at radius 1 is 1.16 bits per heavy atom. The molecule has 2 heterocycles. The van der Waals surface area contributed by atoms with Crippen molar-refractivity contribution in [2.45, 2.75) is 37.1 Å². The van der Waals surface area contributed by atoms with Gasteiger partial charge in [-0.05, 0) is 43.4 Å². The Kier molecular flexibility index (Phi) is 4.07. The smallest absolute Gasteiger partial charge is 0.290 e. The Bertz CT molecular complexity index is 751. The SMILES string of the molecule is O=C(NCC1(c2ccccc2)CC1)C1CCCN1C(=O)c1ccco1. The predicted octanol–water partition coefficient (Wildman–Crippen LogP) is 2.73. The van der Waals surface area contributed by atoms with Gasteiger partial charge in [0.15, 0.2) is 5.76 Å². The first kappa shape index (κ1) is 15.9. The quantitative estimate of drug-likeness (QED) is 0.912. The van der Waals surface area contributed by atoms with Crippen LogP contribution < -0.4 is 5.32 Å². The van der Waals surface area contributed by atoms with Crippen LogP contribution in [0.15, 0.2) is 53.1 Å². The number of benzene rings is 1. The first-order chi connectivity index (χ1) is 12.2. The van der Waals surface area contributed by atoms with E-state index in [0.717, 1.165) is 19.3 Å². The maximum absolute atomic E-state index is 12.7. The van der Waals surface area contributed by atoms with Crippen LogP contribution in [0.1, 0.15) is 41.8 Å². The van der Waals surface area contributed by atoms with E-state index in [4.69, 9.17) is 4.42 Å². The van der Waals surface area contributed by atoms with Crippen LogP contribution in [0, 0.1) is 0 Å². The molecule has 2 amide bonds. The van der Waals surface area contributed by atoms with Crippen LogP contribution in [-0.2, 0) is 10.2 Å². The van der Waals surface area contributed by atoms with Gasteiger partial charge in [-0.25, -0.2) is 0 Å². The molecule has 1 aromatic carbocycles. The Morgan fingerprint density at radius 3 is 2.64 bits per heavy atom. The van der Waals surface area contributed by atoms with Crippen molar-refractivity contribution >= 4 is 11.8 Å². The summed E-state index contributed by atoms with van der Waals surface area (Å²) in [5.41, 5.74) is 1.36. The van der Waals surface area contributed by atoms with Gasteiger partial charge >= 0.3 is 0 Å². The first-order valence-corrected chi connectivity index (χ1v) is 8.87. The molecule has 1 aliphatic heterocycles. The third-order valence-corrected chi connectivity index (χ3v) is 5.39. The van der Waals surface area contributed by atoms with Gasteiger partial charge in [0, 0.05) is 18.5 Å². The number of furan rings is 1. The summed E-state index contributed by atoms with van der Waals surface area (Å²) in [6.45, 7) is 1.23. The van der Waals surface area contributed by atoms with Gasteiger partial charge in [0.2, 0.25) is 5.91 Å². The molecule has 0 radical (unpaired) electrons. The molecular formula is C20H22N2O3. The maximum Gasteiger partial charge on any atom is 0.290 e. The van der Waals surface area contributed by atoms with Gasteiger partial charge in [-0.2, -0.15) is 0 Å². The molecule has 0 bridgehead atoms. The van der Waals surface area contributed by atoms with E-state index in [2.05, 4.69) is 17.4 Å². The summed E-state index contributed by atoms with van der Waals surface area (Å²) in [5.74, 6) is 0.0362. The highest BCUT2D eigenvalue weighted by Crippen LogP contribution is 2.47. The predicted molar refractivity (Wildman–Crippen MR) is 93.1 cm³/mol. The van der Waals surface area contributed by atoms with Gasteiger partial charge in [0.05, 0.1) is 6.26 Å². The number of amides is 2. The minimum atomic E-state index is -0.399. The number of rotatable bonds is 5. The Labute approximate surface area is 147 Å². The third kappa shape index (κ3) is 3.06. The molecule has 1 N–H and O–H groups in total. The molecule has 1 aliphatic carbocycles. The molecule has 2 aromatic rings. The number of likely N-dealkylation sites (tertiary alicyclic amines) is 1. The zero-order valence-corrected chi connectivity index (χ0v) is 14.1. The van der Waals surface area contributed by atoms with Crippen LogP contribution in [0.25, 0.3) is 0 Å². The summed E-state index contributed by atoms with van der Waals surface area (Å²) in [5, 5.41) is 3.09. The minimum absolute atomic E-state index is 0.0559. The van der Waals surface area contributed by atoms with Gasteiger partial charge in [0.25, 0.3) is 5.91 Å². The molecule has 4 rings (SSSR count). The molecule has 1 saturated heterocycles. The van der Waals surface area contributed by atoms with E-state index < -0.39 is 6.04 Å². The largest absolute Gasteiger partial charge is 0.459 e. The lowest BCUT2D eigenvalue weighted by molar-refractivity contribution is -0.125. The van der Waals surface area contributed by atoms with Crippen molar-refractivity contribution in [3.05, 3.63) is 60.1 Å². The van der Waals surface area contributed by atoms with Crippen molar-refractivity contribution in [2.24, 2.45) is 0 Å². The Balaban J connectivity index is 1.40. The van der Waals surface area contributed by atoms with Crippen molar-refractivity contribution in [3.63, 3.8) is 0 Å². The van der Waals surface area contributed by atoms with Gasteiger partial charge < -0.3 is 14.6 Å². The standard InChI is InChI=1S/C20H22N2O3/c23-18(21-14-20(10-11-20)15-6-2-1-3-7-15)16-8-4-12-22(16)19(24)17-9-5-13-25-17/h1-3,5-7,9,13,16H,4,8,10-12,14H2,(H,21,23). The average molecular weight is 338 g/mol. The zero-order valence-electron chi connectivity index (χ0n) is 14.1. The van der Waals surface area contributed by atoms with E-state index in [1.807, 2.05) is 18.2 Å². The fraction of sp³-hybridized carbons (Fsp3) is 0.400. The summed E-state index contributed by atoms with van der Waals surface area (Å²) in [7, 11) is 0. The van der Waals surface area contributed by atoms with Crippen molar-refractivity contribution in [1.82, 2.24) is 10.2 Å². The van der Waals surface area contributed by atoms with E-state index >= 15 is 0 Å². The summed E-state index contributed by atoms with van der Waals surface area (Å²) >= 11 is 0. The zero-order chi connectivity index (χ0) is 17.3. The number of hydrogen-bond donors (Lipinski definition) is 1. The third-order valence-electron chi connectivity index (χ3n) is 5.39. The second-order valence-electron chi connectivity index (χ2n) is 7.00. The van der Waals surface area contributed by atoms with Gasteiger partial charge in [-0.1, -0.05) is 30.3 Å². The second-order valence-corrected chi connectivity index (χ2v) is 7.00. The topological polar surface area (TPSA) is 62.6 Å². The fourth-order valence-electron chi connectivity index (χ4n) is 3.71. The molecule has 25 heavy (non-hydrogen) atoms. The van der Waals surface area contributed by atoms with E-state index in [1.165, 1.54) is 11.8 Å². The van der Waals surface area contributed by atoms with Crippen molar-refractivity contribution in [2.75, 3.05) is 13.1 Å². The Morgan fingerprint density at radius 2 is 1.96 bits per heavy atom. The molecule has 5 heteroatoms. The van der Waals surface area contributed by atoms with Crippen LogP contribution in [0.4, 0.5) is 0 Å². The average Bonchev–Trinajstić information content (AvgIpc) is 3.06. The van der Waals surface area contributed by atoms with E-state index in [-0.39, 0.29) is 17.2 Å². The highest BCUT2D eigenvalue weighted by atomic mass is 16.3. The van der Waals surface area contributed by atoms with E-state index in [9.17, 15) is 9.59 Å². The molecule has 1 unspecified atom stereocenters. The molecule has 0 spiro atoms. The summed E-state index contributed by atoms with van der Waals surface area (Å²) in [6.07, 6.45) is 5.22. The molecule has 1 atom stereocenters. The fourth-order valence-corrected chi connectivity index (χ4v) is 3.71. The lowest BCUT2D eigenvalue weighted by Gasteiger charge is -2.24. The normalized spacial score (nSPS) is 21.1. The van der Waals surface area contributed by atoms with Crippen LogP contribution >= 0.6 is 0 Å². The number of carbonyl (C=O) groups excluding carboxylic acids is 2. The van der Waals surface area contributed by atoms with Gasteiger partial charge in [0.1, 0.15) is 6.04 Å². The monoisotopic (exact) mass is 338 g/mol. The summed E-state index contributed by atoms with van der Waals surface area (Å²) < 4.78 is 5.19. The van der Waals surface area contributed by atoms with Crippen LogP contribution in [0.2, 0.25) is 0 Å². The van der Waals surface area contributed by atoms with Crippen molar-refractivity contribution in [3.8, 4) is 0 Å². The highest BCUT2D eigenvalue weighted by molar-refractivity contribution is 5.96. The Hall–Kier alpha value is -2.56. The van der Waals surface area contributed by atoms with E-state index in [1.54, 1.807) is 17.0 Å². The van der Waals surface area contributed by atoms with Gasteiger partial charge in [-0.15, -0.1) is 0 Å². The molecule has 2 aliphatic rings. The van der Waals surface area contributed by atoms with Crippen molar-refractivity contribution in [1.29, 1.82) is 0 Å². The molecular weight excluding hydrogens is 316 g/mol. The van der Waals surface area contributed by atoms with Crippen LogP contribution in [0.3, 0.4) is 0 Å². The molecule has 5 nitrogen and oxygen atoms in total.